The highest BCUT2D eigenvalue weighted by Gasteiger charge is 2.10. The van der Waals surface area contributed by atoms with Gasteiger partial charge in [0, 0.05) is 16.7 Å². The van der Waals surface area contributed by atoms with E-state index in [2.05, 4.69) is 10.0 Å². The van der Waals surface area contributed by atoms with Crippen LogP contribution in [0, 0.1) is 0 Å². The monoisotopic (exact) mass is 398 g/mol. The van der Waals surface area contributed by atoms with Crippen molar-refractivity contribution >= 4 is 45.1 Å². The number of benzene rings is 2. The quantitative estimate of drug-likeness (QED) is 0.546. The number of thioether (sulfide) groups is 1. The average molecular weight is 398 g/mol. The first kappa shape index (κ1) is 19.9. The topological polar surface area (TPSA) is 75.3 Å². The van der Waals surface area contributed by atoms with Crippen molar-refractivity contribution in [2.45, 2.75) is 10.7 Å². The van der Waals surface area contributed by atoms with Gasteiger partial charge in [0.25, 0.3) is 5.76 Å². The van der Waals surface area contributed by atoms with Crippen molar-refractivity contribution in [1.82, 2.24) is 0 Å². The Morgan fingerprint density at radius 1 is 1.12 bits per heavy atom. The van der Waals surface area contributed by atoms with E-state index in [1.165, 1.54) is 18.2 Å². The van der Waals surface area contributed by atoms with Crippen molar-refractivity contribution in [2.75, 3.05) is 16.3 Å². The molecule has 0 fully saturated rings. The molecule has 0 radical (unpaired) electrons. The number of halogens is 2. The number of nitrogens with one attached hydrogen (secondary N) is 2. The van der Waals surface area contributed by atoms with Crippen LogP contribution >= 0.6 is 11.8 Å². The first-order valence-corrected chi connectivity index (χ1v) is 10.1. The number of para-hydroxylation sites is 1. The Morgan fingerprint density at radius 2 is 1.77 bits per heavy atom. The van der Waals surface area contributed by atoms with Gasteiger partial charge in [-0.25, -0.2) is 8.42 Å². The highest BCUT2D eigenvalue weighted by molar-refractivity contribution is 7.99. The number of amides is 1. The summed E-state index contributed by atoms with van der Waals surface area (Å²) in [4.78, 5) is 12.3. The van der Waals surface area contributed by atoms with Crippen molar-refractivity contribution in [2.24, 2.45) is 0 Å². The fourth-order valence-corrected chi connectivity index (χ4v) is 3.15. The second kappa shape index (κ2) is 8.81. The minimum absolute atomic E-state index is 0.278. The molecule has 2 aromatic carbocycles. The van der Waals surface area contributed by atoms with Gasteiger partial charge in [-0.15, -0.1) is 0 Å². The number of alkyl halides is 2. The molecule has 0 saturated carbocycles. The van der Waals surface area contributed by atoms with Gasteiger partial charge < -0.3 is 5.32 Å². The third kappa shape index (κ3) is 6.85. The minimum atomic E-state index is -3.35. The van der Waals surface area contributed by atoms with Crippen molar-refractivity contribution in [3.05, 3.63) is 60.2 Å². The van der Waals surface area contributed by atoms with Crippen LogP contribution in [0.1, 0.15) is 5.56 Å². The molecule has 2 aromatic rings. The second-order valence-corrected chi connectivity index (χ2v) is 7.97. The largest absolute Gasteiger partial charge is 0.321 e. The maximum Gasteiger partial charge on any atom is 0.288 e. The molecule has 0 aliphatic rings. The third-order valence-electron chi connectivity index (χ3n) is 3.00. The molecule has 9 heteroatoms. The van der Waals surface area contributed by atoms with E-state index in [4.69, 9.17) is 0 Å². The maximum atomic E-state index is 12.5. The zero-order chi connectivity index (χ0) is 19.2. The van der Waals surface area contributed by atoms with Crippen molar-refractivity contribution < 1.29 is 22.0 Å². The normalized spacial score (nSPS) is 11.7. The summed E-state index contributed by atoms with van der Waals surface area (Å²) in [5, 5.41) is 2.56. The summed E-state index contributed by atoms with van der Waals surface area (Å²) in [6.07, 6.45) is 3.85. The van der Waals surface area contributed by atoms with Crippen LogP contribution in [0.3, 0.4) is 0 Å². The number of rotatable bonds is 7. The Bertz CT molecular complexity index is 898. The van der Waals surface area contributed by atoms with Crippen LogP contribution in [0.5, 0.6) is 0 Å². The van der Waals surface area contributed by atoms with Crippen LogP contribution in [-0.4, -0.2) is 26.3 Å². The third-order valence-corrected chi connectivity index (χ3v) is 4.40. The number of carbonyl (C=O) groups excluding carboxylic acids is 1. The van der Waals surface area contributed by atoms with Crippen LogP contribution in [0.2, 0.25) is 0 Å². The Balaban J connectivity index is 2.02. The molecule has 0 heterocycles. The molecule has 0 aromatic heterocycles. The predicted octanol–water partition coefficient (Wildman–Crippen LogP) is 4.02. The second-order valence-electron chi connectivity index (χ2n) is 5.19. The zero-order valence-electron chi connectivity index (χ0n) is 13.6. The van der Waals surface area contributed by atoms with E-state index in [0.29, 0.717) is 28.7 Å². The molecule has 0 aliphatic heterocycles. The van der Waals surface area contributed by atoms with E-state index in [-0.39, 0.29) is 4.90 Å². The van der Waals surface area contributed by atoms with E-state index in [9.17, 15) is 22.0 Å². The van der Waals surface area contributed by atoms with Gasteiger partial charge in [-0.3, -0.25) is 9.52 Å². The van der Waals surface area contributed by atoms with Crippen LogP contribution in [-0.2, 0) is 14.8 Å². The standard InChI is InChI=1S/C17H16F2N2O3S2/c1-26(23,24)21-13-9-6-12(7-10-13)8-11-16(22)20-14-4-2-3-5-15(14)25-17(18)19/h2-11,17,21H,1H3,(H,20,22)/b11-8+. The van der Waals surface area contributed by atoms with Crippen LogP contribution in [0.25, 0.3) is 6.08 Å². The maximum absolute atomic E-state index is 12.5. The van der Waals surface area contributed by atoms with Gasteiger partial charge in [0.1, 0.15) is 0 Å². The Labute approximate surface area is 154 Å². The molecule has 2 N–H and O–H groups in total. The van der Waals surface area contributed by atoms with Crippen LogP contribution in [0.4, 0.5) is 20.2 Å². The van der Waals surface area contributed by atoms with Gasteiger partial charge in [0.05, 0.1) is 11.9 Å². The summed E-state index contributed by atoms with van der Waals surface area (Å²) in [5.41, 5.74) is 1.39. The van der Waals surface area contributed by atoms with Gasteiger partial charge in [-0.1, -0.05) is 36.0 Å². The summed E-state index contributed by atoms with van der Waals surface area (Å²) in [5.74, 6) is -3.05. The lowest BCUT2D eigenvalue weighted by Crippen LogP contribution is -2.09. The van der Waals surface area contributed by atoms with Crippen molar-refractivity contribution in [3.8, 4) is 0 Å². The van der Waals surface area contributed by atoms with Gasteiger partial charge in [0.15, 0.2) is 0 Å². The minimum Gasteiger partial charge on any atom is -0.321 e. The molecular formula is C17H16F2N2O3S2. The highest BCUT2D eigenvalue weighted by Crippen LogP contribution is 2.31. The van der Waals surface area contributed by atoms with E-state index in [0.717, 1.165) is 6.26 Å². The lowest BCUT2D eigenvalue weighted by atomic mass is 10.2. The number of hydrogen-bond acceptors (Lipinski definition) is 4. The van der Waals surface area contributed by atoms with Crippen molar-refractivity contribution in [3.63, 3.8) is 0 Å². The van der Waals surface area contributed by atoms with Crippen molar-refractivity contribution in [1.29, 1.82) is 0 Å². The summed E-state index contributed by atoms with van der Waals surface area (Å²) < 4.78 is 49.7. The first-order chi connectivity index (χ1) is 12.2. The number of hydrogen-bond donors (Lipinski definition) is 2. The fourth-order valence-electron chi connectivity index (χ4n) is 1.99. The van der Waals surface area contributed by atoms with Gasteiger partial charge in [-0.05, 0) is 35.9 Å². The molecule has 0 bridgehead atoms. The highest BCUT2D eigenvalue weighted by atomic mass is 32.2. The Kier molecular flexibility index (Phi) is 6.76. The molecular weight excluding hydrogens is 382 g/mol. The fraction of sp³-hybridized carbons (Fsp3) is 0.118. The molecule has 1 amide bonds. The molecule has 26 heavy (non-hydrogen) atoms. The SMILES string of the molecule is CS(=O)(=O)Nc1ccc(/C=C/C(=O)Nc2ccccc2SC(F)F)cc1. The first-order valence-electron chi connectivity index (χ1n) is 7.34. The smallest absolute Gasteiger partial charge is 0.288 e. The zero-order valence-corrected chi connectivity index (χ0v) is 15.3. The predicted molar refractivity (Wildman–Crippen MR) is 101 cm³/mol. The van der Waals surface area contributed by atoms with E-state index in [1.807, 2.05) is 0 Å². The molecule has 0 atom stereocenters. The van der Waals surface area contributed by atoms with E-state index >= 15 is 0 Å². The summed E-state index contributed by atoms with van der Waals surface area (Å²) in [6.45, 7) is 0. The number of carbonyl (C=O) groups is 1. The van der Waals surface area contributed by atoms with Crippen LogP contribution < -0.4 is 10.0 Å². The number of anilines is 2. The lowest BCUT2D eigenvalue weighted by molar-refractivity contribution is -0.111. The number of sulfonamides is 1. The molecule has 0 unspecified atom stereocenters. The molecule has 2 rings (SSSR count). The van der Waals surface area contributed by atoms with E-state index in [1.54, 1.807) is 42.5 Å². The van der Waals surface area contributed by atoms with Gasteiger partial charge in [0.2, 0.25) is 15.9 Å². The van der Waals surface area contributed by atoms with E-state index < -0.39 is 21.7 Å². The van der Waals surface area contributed by atoms with Gasteiger partial charge in [-0.2, -0.15) is 8.78 Å². The Morgan fingerprint density at radius 3 is 2.38 bits per heavy atom. The molecule has 0 spiro atoms. The molecule has 5 nitrogen and oxygen atoms in total. The molecule has 0 aliphatic carbocycles. The molecule has 0 saturated heterocycles. The summed E-state index contributed by atoms with van der Waals surface area (Å²) >= 11 is 0.359. The van der Waals surface area contributed by atoms with Gasteiger partial charge >= 0.3 is 0 Å². The summed E-state index contributed by atoms with van der Waals surface area (Å²) in [7, 11) is -3.35. The lowest BCUT2D eigenvalue weighted by Gasteiger charge is -2.08. The molecule has 138 valence electrons. The van der Waals surface area contributed by atoms with Crippen LogP contribution in [0.15, 0.2) is 59.5 Å². The Hall–Kier alpha value is -2.39. The average Bonchev–Trinajstić information content (AvgIpc) is 2.54. The summed E-state index contributed by atoms with van der Waals surface area (Å²) in [6, 6.07) is 12.7.